The first kappa shape index (κ1) is 15.0. The fraction of sp³-hybridized carbons (Fsp3) is 0.167. The van der Waals surface area contributed by atoms with Crippen LogP contribution in [-0.2, 0) is 13.2 Å². The second-order valence-corrected chi connectivity index (χ2v) is 4.92. The molecular weight excluding hydrogens is 288 g/mol. The number of aryl methyl sites for hydroxylation is 1. The highest BCUT2D eigenvalue weighted by atomic mass is 16.5. The van der Waals surface area contributed by atoms with E-state index >= 15 is 0 Å². The SMILES string of the molecule is C=Cc1ncccc1OCc1cccnc1-c1ccnn1CC. The van der Waals surface area contributed by atoms with Gasteiger partial charge in [-0.2, -0.15) is 5.10 Å². The molecule has 5 heteroatoms. The number of hydrogen-bond donors (Lipinski definition) is 0. The molecule has 0 amide bonds. The van der Waals surface area contributed by atoms with Crippen molar-refractivity contribution >= 4 is 6.08 Å². The zero-order chi connectivity index (χ0) is 16.1. The molecule has 116 valence electrons. The highest BCUT2D eigenvalue weighted by Crippen LogP contribution is 2.23. The van der Waals surface area contributed by atoms with Crippen LogP contribution < -0.4 is 4.74 Å². The number of pyridine rings is 2. The summed E-state index contributed by atoms with van der Waals surface area (Å²) in [5.41, 5.74) is 3.61. The van der Waals surface area contributed by atoms with E-state index in [-0.39, 0.29) is 0 Å². The predicted octanol–water partition coefficient (Wildman–Crippen LogP) is 3.58. The van der Waals surface area contributed by atoms with Crippen molar-refractivity contribution < 1.29 is 4.74 Å². The van der Waals surface area contributed by atoms with Crippen molar-refractivity contribution in [3.8, 4) is 17.1 Å². The lowest BCUT2D eigenvalue weighted by Crippen LogP contribution is -2.05. The summed E-state index contributed by atoms with van der Waals surface area (Å²) in [6.07, 6.45) is 6.98. The van der Waals surface area contributed by atoms with Gasteiger partial charge in [-0.05, 0) is 37.3 Å². The van der Waals surface area contributed by atoms with Gasteiger partial charge in [-0.15, -0.1) is 0 Å². The van der Waals surface area contributed by atoms with E-state index in [1.165, 1.54) is 0 Å². The van der Waals surface area contributed by atoms with Crippen molar-refractivity contribution in [3.05, 3.63) is 66.8 Å². The van der Waals surface area contributed by atoms with Crippen molar-refractivity contribution in [1.82, 2.24) is 19.7 Å². The summed E-state index contributed by atoms with van der Waals surface area (Å²) < 4.78 is 7.84. The largest absolute Gasteiger partial charge is 0.487 e. The Balaban J connectivity index is 1.88. The third-order valence-corrected chi connectivity index (χ3v) is 3.53. The maximum Gasteiger partial charge on any atom is 0.145 e. The smallest absolute Gasteiger partial charge is 0.145 e. The molecular formula is C18H18N4O. The lowest BCUT2D eigenvalue weighted by Gasteiger charge is -2.12. The van der Waals surface area contributed by atoms with Gasteiger partial charge in [0.25, 0.3) is 0 Å². The maximum atomic E-state index is 5.92. The van der Waals surface area contributed by atoms with Crippen molar-refractivity contribution in [1.29, 1.82) is 0 Å². The van der Waals surface area contributed by atoms with Gasteiger partial charge in [0.15, 0.2) is 0 Å². The molecule has 0 aliphatic carbocycles. The van der Waals surface area contributed by atoms with Crippen LogP contribution in [0.4, 0.5) is 0 Å². The van der Waals surface area contributed by atoms with Gasteiger partial charge in [0.2, 0.25) is 0 Å². The Morgan fingerprint density at radius 1 is 1.13 bits per heavy atom. The van der Waals surface area contributed by atoms with Crippen LogP contribution in [0.25, 0.3) is 17.5 Å². The molecule has 0 unspecified atom stereocenters. The summed E-state index contributed by atoms with van der Waals surface area (Å²) >= 11 is 0. The molecule has 0 atom stereocenters. The van der Waals surface area contributed by atoms with E-state index in [1.807, 2.05) is 35.0 Å². The Labute approximate surface area is 135 Å². The number of rotatable bonds is 6. The second-order valence-electron chi connectivity index (χ2n) is 4.92. The molecule has 0 saturated heterocycles. The molecule has 23 heavy (non-hydrogen) atoms. The molecule has 0 radical (unpaired) electrons. The Morgan fingerprint density at radius 3 is 2.78 bits per heavy atom. The van der Waals surface area contributed by atoms with Gasteiger partial charge in [-0.25, -0.2) is 0 Å². The molecule has 0 aliphatic rings. The van der Waals surface area contributed by atoms with E-state index in [2.05, 4.69) is 28.6 Å². The number of ether oxygens (including phenoxy) is 1. The van der Waals surface area contributed by atoms with Gasteiger partial charge < -0.3 is 4.74 Å². The van der Waals surface area contributed by atoms with Gasteiger partial charge in [0, 0.05) is 30.7 Å². The molecule has 0 aromatic carbocycles. The van der Waals surface area contributed by atoms with E-state index in [1.54, 1.807) is 24.7 Å². The minimum absolute atomic E-state index is 0.407. The fourth-order valence-electron chi connectivity index (χ4n) is 2.41. The summed E-state index contributed by atoms with van der Waals surface area (Å²) in [6.45, 7) is 7.02. The van der Waals surface area contributed by atoms with Crippen LogP contribution in [0.15, 0.2) is 55.5 Å². The number of hydrogen-bond acceptors (Lipinski definition) is 4. The first-order valence-corrected chi connectivity index (χ1v) is 7.49. The van der Waals surface area contributed by atoms with Crippen molar-refractivity contribution in [3.63, 3.8) is 0 Å². The molecule has 0 aliphatic heterocycles. The van der Waals surface area contributed by atoms with E-state index in [0.717, 1.165) is 29.2 Å². The molecule has 5 nitrogen and oxygen atoms in total. The van der Waals surface area contributed by atoms with Gasteiger partial charge in [0.1, 0.15) is 18.1 Å². The minimum atomic E-state index is 0.407. The van der Waals surface area contributed by atoms with E-state index in [4.69, 9.17) is 4.74 Å². The monoisotopic (exact) mass is 306 g/mol. The molecule has 3 rings (SSSR count). The van der Waals surface area contributed by atoms with Crippen LogP contribution in [0.5, 0.6) is 5.75 Å². The first-order chi connectivity index (χ1) is 11.3. The topological polar surface area (TPSA) is 52.8 Å². The zero-order valence-corrected chi connectivity index (χ0v) is 13.0. The average Bonchev–Trinajstić information content (AvgIpc) is 3.09. The second kappa shape index (κ2) is 6.87. The Hall–Kier alpha value is -2.95. The van der Waals surface area contributed by atoms with Crippen LogP contribution in [-0.4, -0.2) is 19.7 Å². The molecule has 0 fully saturated rings. The van der Waals surface area contributed by atoms with Gasteiger partial charge in [-0.3, -0.25) is 14.6 Å². The molecule has 0 N–H and O–H groups in total. The summed E-state index contributed by atoms with van der Waals surface area (Å²) in [4.78, 5) is 8.74. The number of nitrogens with zero attached hydrogens (tertiary/aromatic N) is 4. The maximum absolute atomic E-state index is 5.92. The first-order valence-electron chi connectivity index (χ1n) is 7.49. The predicted molar refractivity (Wildman–Crippen MR) is 89.8 cm³/mol. The zero-order valence-electron chi connectivity index (χ0n) is 13.0. The van der Waals surface area contributed by atoms with Crippen LogP contribution in [0.2, 0.25) is 0 Å². The van der Waals surface area contributed by atoms with Crippen LogP contribution in [0.1, 0.15) is 18.2 Å². The molecule has 0 spiro atoms. The van der Waals surface area contributed by atoms with E-state index < -0.39 is 0 Å². The summed E-state index contributed by atoms with van der Waals surface area (Å²) in [5.74, 6) is 0.710. The van der Waals surface area contributed by atoms with Gasteiger partial charge in [-0.1, -0.05) is 12.6 Å². The third kappa shape index (κ3) is 3.13. The van der Waals surface area contributed by atoms with Crippen LogP contribution >= 0.6 is 0 Å². The van der Waals surface area contributed by atoms with Crippen molar-refractivity contribution in [2.75, 3.05) is 0 Å². The van der Waals surface area contributed by atoms with Gasteiger partial charge >= 0.3 is 0 Å². The lowest BCUT2D eigenvalue weighted by molar-refractivity contribution is 0.304. The quantitative estimate of drug-likeness (QED) is 0.698. The number of aromatic nitrogens is 4. The highest BCUT2D eigenvalue weighted by Gasteiger charge is 2.12. The molecule has 3 heterocycles. The Morgan fingerprint density at radius 2 is 1.96 bits per heavy atom. The van der Waals surface area contributed by atoms with Gasteiger partial charge in [0.05, 0.1) is 11.4 Å². The molecule has 3 aromatic rings. The summed E-state index contributed by atoms with van der Waals surface area (Å²) in [6, 6.07) is 9.62. The summed E-state index contributed by atoms with van der Waals surface area (Å²) in [7, 11) is 0. The lowest BCUT2D eigenvalue weighted by atomic mass is 10.1. The summed E-state index contributed by atoms with van der Waals surface area (Å²) in [5, 5.41) is 4.31. The Bertz CT molecular complexity index is 810. The van der Waals surface area contributed by atoms with Crippen molar-refractivity contribution in [2.45, 2.75) is 20.1 Å². The van der Waals surface area contributed by atoms with Crippen molar-refractivity contribution in [2.24, 2.45) is 0 Å². The standard InChI is InChI=1S/C18H18N4O/c1-3-15-17(8-6-10-19-15)23-13-14-7-5-11-20-18(14)16-9-12-21-22(16)4-2/h3,5-12H,1,4,13H2,2H3. The molecule has 0 bridgehead atoms. The van der Waals surface area contributed by atoms with Crippen LogP contribution in [0, 0.1) is 0 Å². The molecule has 0 saturated carbocycles. The Kier molecular flexibility index (Phi) is 4.47. The van der Waals surface area contributed by atoms with Crippen LogP contribution in [0.3, 0.4) is 0 Å². The normalized spacial score (nSPS) is 10.5. The van der Waals surface area contributed by atoms with E-state index in [0.29, 0.717) is 12.4 Å². The minimum Gasteiger partial charge on any atom is -0.487 e. The molecule has 3 aromatic heterocycles. The van der Waals surface area contributed by atoms with E-state index in [9.17, 15) is 0 Å². The highest BCUT2D eigenvalue weighted by molar-refractivity contribution is 5.59. The fourth-order valence-corrected chi connectivity index (χ4v) is 2.41. The third-order valence-electron chi connectivity index (χ3n) is 3.53. The average molecular weight is 306 g/mol.